The van der Waals surface area contributed by atoms with Crippen LogP contribution in [0, 0.1) is 0 Å². The Hall–Kier alpha value is -1.64. The molecule has 0 spiro atoms. The average Bonchev–Trinajstić information content (AvgIpc) is 2.58. The Morgan fingerprint density at radius 2 is 2.04 bits per heavy atom. The summed E-state index contributed by atoms with van der Waals surface area (Å²) < 4.78 is 29.6. The Morgan fingerprint density at radius 1 is 1.33 bits per heavy atom. The van der Waals surface area contributed by atoms with Crippen molar-refractivity contribution in [2.75, 3.05) is 57.0 Å². The van der Waals surface area contributed by atoms with Crippen molar-refractivity contribution in [3.63, 3.8) is 0 Å². The zero-order chi connectivity index (χ0) is 17.6. The summed E-state index contributed by atoms with van der Waals surface area (Å²) in [6.07, 6.45) is 2.00. The van der Waals surface area contributed by atoms with Crippen LogP contribution in [0.5, 0.6) is 0 Å². The highest BCUT2D eigenvalue weighted by Gasteiger charge is 2.14. The molecule has 1 fully saturated rings. The van der Waals surface area contributed by atoms with Crippen molar-refractivity contribution in [2.24, 2.45) is 0 Å². The lowest BCUT2D eigenvalue weighted by Gasteiger charge is -2.26. The van der Waals surface area contributed by atoms with Crippen LogP contribution in [0.2, 0.25) is 0 Å². The van der Waals surface area contributed by atoms with Gasteiger partial charge in [0.25, 0.3) is 5.91 Å². The molecule has 1 saturated heterocycles. The number of hydrogen-bond acceptors (Lipinski definition) is 5. The largest absolute Gasteiger partial charge is 0.379 e. The van der Waals surface area contributed by atoms with Gasteiger partial charge in [-0.15, -0.1) is 0 Å². The molecule has 1 aliphatic rings. The zero-order valence-corrected chi connectivity index (χ0v) is 15.0. The molecule has 0 atom stereocenters. The maximum Gasteiger partial charge on any atom is 0.251 e. The molecule has 1 aromatic carbocycles. The number of rotatable bonds is 7. The summed E-state index contributed by atoms with van der Waals surface area (Å²) in [5, 5.41) is 2.88. The Kier molecular flexibility index (Phi) is 6.59. The Balaban J connectivity index is 1.83. The number of morpholine rings is 1. The summed E-state index contributed by atoms with van der Waals surface area (Å²) in [7, 11) is -1.88. The van der Waals surface area contributed by atoms with Gasteiger partial charge in [0.15, 0.2) is 0 Å². The van der Waals surface area contributed by atoms with Crippen molar-refractivity contribution < 1.29 is 17.9 Å². The van der Waals surface area contributed by atoms with Gasteiger partial charge in [0, 0.05) is 32.2 Å². The summed E-state index contributed by atoms with van der Waals surface area (Å²) in [5.41, 5.74) is 0.924. The minimum absolute atomic E-state index is 0.194. The van der Waals surface area contributed by atoms with Crippen LogP contribution in [-0.4, -0.2) is 71.9 Å². The molecule has 1 aliphatic heterocycles. The van der Waals surface area contributed by atoms with Crippen molar-refractivity contribution in [1.82, 2.24) is 10.2 Å². The summed E-state index contributed by atoms with van der Waals surface area (Å²) in [4.78, 5) is 14.5. The molecular weight excluding hydrogens is 330 g/mol. The first-order valence-electron chi connectivity index (χ1n) is 8.00. The van der Waals surface area contributed by atoms with E-state index >= 15 is 0 Å². The van der Waals surface area contributed by atoms with E-state index in [0.29, 0.717) is 17.8 Å². The first-order valence-corrected chi connectivity index (χ1v) is 9.85. The predicted molar refractivity (Wildman–Crippen MR) is 93.9 cm³/mol. The van der Waals surface area contributed by atoms with Crippen LogP contribution in [-0.2, 0) is 14.8 Å². The van der Waals surface area contributed by atoms with Crippen molar-refractivity contribution in [2.45, 2.75) is 6.42 Å². The second-order valence-corrected chi connectivity index (χ2v) is 7.86. The molecule has 0 aromatic heterocycles. The van der Waals surface area contributed by atoms with Crippen LogP contribution in [0.1, 0.15) is 16.8 Å². The summed E-state index contributed by atoms with van der Waals surface area (Å²) >= 11 is 0. The molecule has 24 heavy (non-hydrogen) atoms. The van der Waals surface area contributed by atoms with Gasteiger partial charge in [-0.25, -0.2) is 8.42 Å². The Labute approximate surface area is 143 Å². The standard InChI is InChI=1S/C16H25N3O4S/c1-18(24(2,21)22)15-6-3-5-14(13-15)16(20)17-7-4-8-19-9-11-23-12-10-19/h3,5-6,13H,4,7-12H2,1-2H3,(H,17,20). The van der Waals surface area contributed by atoms with Gasteiger partial charge in [-0.3, -0.25) is 14.0 Å². The topological polar surface area (TPSA) is 79.0 Å². The summed E-state index contributed by atoms with van der Waals surface area (Å²) in [5.74, 6) is -0.194. The summed E-state index contributed by atoms with van der Waals surface area (Å²) in [6, 6.07) is 6.60. The lowest BCUT2D eigenvalue weighted by Crippen LogP contribution is -2.38. The summed E-state index contributed by atoms with van der Waals surface area (Å²) in [6.45, 7) is 4.93. The highest BCUT2D eigenvalue weighted by molar-refractivity contribution is 7.92. The Morgan fingerprint density at radius 3 is 2.71 bits per heavy atom. The number of amides is 1. The molecule has 0 unspecified atom stereocenters. The van der Waals surface area contributed by atoms with E-state index in [1.165, 1.54) is 7.05 Å². The normalized spacial score (nSPS) is 15.9. The predicted octanol–water partition coefficient (Wildman–Crippen LogP) is 0.535. The number of ether oxygens (including phenoxy) is 1. The van der Waals surface area contributed by atoms with Gasteiger partial charge < -0.3 is 10.1 Å². The van der Waals surface area contributed by atoms with Gasteiger partial charge in [0.1, 0.15) is 0 Å². The third-order valence-electron chi connectivity index (χ3n) is 4.01. The number of nitrogens with one attached hydrogen (secondary N) is 1. The van der Waals surface area contributed by atoms with Gasteiger partial charge in [-0.2, -0.15) is 0 Å². The second kappa shape index (κ2) is 8.46. The number of sulfonamides is 1. The van der Waals surface area contributed by atoms with E-state index in [1.807, 2.05) is 0 Å². The van der Waals surface area contributed by atoms with Crippen LogP contribution in [0.25, 0.3) is 0 Å². The molecule has 2 rings (SSSR count). The number of hydrogen-bond donors (Lipinski definition) is 1. The lowest BCUT2D eigenvalue weighted by molar-refractivity contribution is 0.0374. The molecule has 0 aliphatic carbocycles. The number of benzene rings is 1. The lowest BCUT2D eigenvalue weighted by atomic mass is 10.2. The van der Waals surface area contributed by atoms with E-state index in [2.05, 4.69) is 10.2 Å². The van der Waals surface area contributed by atoms with E-state index in [4.69, 9.17) is 4.74 Å². The first kappa shape index (κ1) is 18.7. The number of carbonyl (C=O) groups excluding carboxylic acids is 1. The van der Waals surface area contributed by atoms with Gasteiger partial charge >= 0.3 is 0 Å². The van der Waals surface area contributed by atoms with Gasteiger partial charge in [0.2, 0.25) is 10.0 Å². The maximum absolute atomic E-state index is 12.2. The minimum atomic E-state index is -3.35. The van der Waals surface area contributed by atoms with E-state index < -0.39 is 10.0 Å². The van der Waals surface area contributed by atoms with Crippen LogP contribution < -0.4 is 9.62 Å². The average molecular weight is 355 g/mol. The molecule has 1 amide bonds. The first-order chi connectivity index (χ1) is 11.4. The van der Waals surface area contributed by atoms with E-state index in [1.54, 1.807) is 24.3 Å². The van der Waals surface area contributed by atoms with Gasteiger partial charge in [-0.05, 0) is 31.2 Å². The van der Waals surface area contributed by atoms with Gasteiger partial charge in [0.05, 0.1) is 25.2 Å². The third-order valence-corrected chi connectivity index (χ3v) is 5.22. The molecule has 7 nitrogen and oxygen atoms in total. The van der Waals surface area contributed by atoms with Crippen molar-refractivity contribution in [3.05, 3.63) is 29.8 Å². The molecule has 0 bridgehead atoms. The minimum Gasteiger partial charge on any atom is -0.379 e. The highest BCUT2D eigenvalue weighted by Crippen LogP contribution is 2.17. The van der Waals surface area contributed by atoms with E-state index in [0.717, 1.165) is 49.8 Å². The van der Waals surface area contributed by atoms with Crippen molar-refractivity contribution in [3.8, 4) is 0 Å². The van der Waals surface area contributed by atoms with Crippen LogP contribution in [0.3, 0.4) is 0 Å². The van der Waals surface area contributed by atoms with Crippen molar-refractivity contribution in [1.29, 1.82) is 0 Å². The van der Waals surface area contributed by atoms with Gasteiger partial charge in [-0.1, -0.05) is 6.07 Å². The van der Waals surface area contributed by atoms with Crippen LogP contribution in [0.4, 0.5) is 5.69 Å². The molecule has 0 radical (unpaired) electrons. The molecule has 1 N–H and O–H groups in total. The molecule has 134 valence electrons. The van der Waals surface area contributed by atoms with E-state index in [9.17, 15) is 13.2 Å². The second-order valence-electron chi connectivity index (χ2n) is 5.84. The highest BCUT2D eigenvalue weighted by atomic mass is 32.2. The van der Waals surface area contributed by atoms with E-state index in [-0.39, 0.29) is 5.91 Å². The Bertz CT molecular complexity index is 657. The fourth-order valence-corrected chi connectivity index (χ4v) is 2.96. The molecule has 0 saturated carbocycles. The quantitative estimate of drug-likeness (QED) is 0.722. The zero-order valence-electron chi connectivity index (χ0n) is 14.2. The van der Waals surface area contributed by atoms with Crippen LogP contribution >= 0.6 is 0 Å². The molecular formula is C16H25N3O4S. The molecule has 1 aromatic rings. The SMILES string of the molecule is CN(c1cccc(C(=O)NCCCN2CCOCC2)c1)S(C)(=O)=O. The number of carbonyl (C=O) groups is 1. The number of anilines is 1. The monoisotopic (exact) mass is 355 g/mol. The number of nitrogens with zero attached hydrogens (tertiary/aromatic N) is 2. The fraction of sp³-hybridized carbons (Fsp3) is 0.562. The molecule has 8 heteroatoms. The van der Waals surface area contributed by atoms with Crippen molar-refractivity contribution >= 4 is 21.6 Å². The van der Waals surface area contributed by atoms with Crippen LogP contribution in [0.15, 0.2) is 24.3 Å². The smallest absolute Gasteiger partial charge is 0.251 e. The molecule has 1 heterocycles. The third kappa shape index (κ3) is 5.47. The maximum atomic E-state index is 12.2. The fourth-order valence-electron chi connectivity index (χ4n) is 2.47.